The highest BCUT2D eigenvalue weighted by Gasteiger charge is 2.07. The van der Waals surface area contributed by atoms with Crippen molar-refractivity contribution in [3.8, 4) is 11.3 Å². The van der Waals surface area contributed by atoms with Gasteiger partial charge in [0.05, 0.1) is 16.7 Å². The SMILES string of the molecule is CCNc1ccc(-c2ccc3c(c2)nc(C)n3C)nn1. The van der Waals surface area contributed by atoms with Gasteiger partial charge < -0.3 is 9.88 Å². The van der Waals surface area contributed by atoms with E-state index in [1.54, 1.807) is 0 Å². The van der Waals surface area contributed by atoms with Gasteiger partial charge >= 0.3 is 0 Å². The minimum atomic E-state index is 0.797. The molecule has 0 aliphatic rings. The van der Waals surface area contributed by atoms with E-state index in [1.165, 1.54) is 0 Å². The number of anilines is 1. The molecule has 0 amide bonds. The van der Waals surface area contributed by atoms with Crippen LogP contribution in [0, 0.1) is 6.92 Å². The minimum absolute atomic E-state index is 0.797. The predicted octanol–water partition coefficient (Wildman–Crippen LogP) is 2.77. The van der Waals surface area contributed by atoms with E-state index in [-0.39, 0.29) is 0 Å². The van der Waals surface area contributed by atoms with Crippen molar-refractivity contribution in [3.05, 3.63) is 36.2 Å². The summed E-state index contributed by atoms with van der Waals surface area (Å²) in [6.45, 7) is 4.88. The van der Waals surface area contributed by atoms with Crippen molar-refractivity contribution in [3.63, 3.8) is 0 Å². The summed E-state index contributed by atoms with van der Waals surface area (Å²) in [7, 11) is 2.02. The molecule has 0 aliphatic carbocycles. The Hall–Kier alpha value is -2.43. The van der Waals surface area contributed by atoms with E-state index in [9.17, 15) is 0 Å². The van der Waals surface area contributed by atoms with Gasteiger partial charge in [-0.15, -0.1) is 10.2 Å². The Labute approximate surface area is 117 Å². The number of aromatic nitrogens is 4. The Morgan fingerprint density at radius 2 is 2.00 bits per heavy atom. The molecular weight excluding hydrogens is 250 g/mol. The molecule has 1 aromatic carbocycles. The van der Waals surface area contributed by atoms with Crippen LogP contribution in [0.1, 0.15) is 12.7 Å². The molecule has 2 aromatic heterocycles. The van der Waals surface area contributed by atoms with Gasteiger partial charge in [-0.3, -0.25) is 0 Å². The molecule has 0 bridgehead atoms. The second-order valence-corrected chi connectivity index (χ2v) is 4.76. The van der Waals surface area contributed by atoms with E-state index in [2.05, 4.69) is 43.3 Å². The third-order valence-corrected chi connectivity index (χ3v) is 3.42. The first-order valence-corrected chi connectivity index (χ1v) is 6.70. The van der Waals surface area contributed by atoms with E-state index in [0.717, 1.165) is 40.5 Å². The molecule has 2 heterocycles. The molecule has 1 N–H and O–H groups in total. The van der Waals surface area contributed by atoms with Crippen LogP contribution in [0.25, 0.3) is 22.3 Å². The van der Waals surface area contributed by atoms with Crippen LogP contribution in [-0.2, 0) is 7.05 Å². The largest absolute Gasteiger partial charge is 0.369 e. The van der Waals surface area contributed by atoms with Gasteiger partial charge in [-0.25, -0.2) is 4.98 Å². The number of imidazole rings is 1. The summed E-state index contributed by atoms with van der Waals surface area (Å²) in [5.41, 5.74) is 4.01. The van der Waals surface area contributed by atoms with Crippen LogP contribution in [0.3, 0.4) is 0 Å². The van der Waals surface area contributed by atoms with Crippen molar-refractivity contribution in [1.29, 1.82) is 0 Å². The van der Waals surface area contributed by atoms with Gasteiger partial charge in [0.25, 0.3) is 0 Å². The molecule has 0 saturated carbocycles. The maximum Gasteiger partial charge on any atom is 0.148 e. The van der Waals surface area contributed by atoms with E-state index >= 15 is 0 Å². The summed E-state index contributed by atoms with van der Waals surface area (Å²) in [4.78, 5) is 4.55. The third-order valence-electron chi connectivity index (χ3n) is 3.42. The molecule has 20 heavy (non-hydrogen) atoms. The van der Waals surface area contributed by atoms with Crippen LogP contribution in [0.2, 0.25) is 0 Å². The first-order chi connectivity index (χ1) is 9.69. The molecule has 0 radical (unpaired) electrons. The Morgan fingerprint density at radius 1 is 1.15 bits per heavy atom. The van der Waals surface area contributed by atoms with Crippen LogP contribution in [0.4, 0.5) is 5.82 Å². The first-order valence-electron chi connectivity index (χ1n) is 6.70. The molecule has 0 spiro atoms. The van der Waals surface area contributed by atoms with Crippen LogP contribution in [0.15, 0.2) is 30.3 Å². The lowest BCUT2D eigenvalue weighted by molar-refractivity contribution is 0.886. The summed E-state index contributed by atoms with van der Waals surface area (Å²) in [6, 6.07) is 10.1. The van der Waals surface area contributed by atoms with Gasteiger partial charge in [-0.05, 0) is 38.1 Å². The summed E-state index contributed by atoms with van der Waals surface area (Å²) in [5, 5.41) is 11.6. The van der Waals surface area contributed by atoms with Crippen molar-refractivity contribution in [1.82, 2.24) is 19.7 Å². The van der Waals surface area contributed by atoms with Crippen molar-refractivity contribution in [2.24, 2.45) is 7.05 Å². The van der Waals surface area contributed by atoms with Crippen molar-refractivity contribution in [2.45, 2.75) is 13.8 Å². The molecule has 0 unspecified atom stereocenters. The van der Waals surface area contributed by atoms with Crippen molar-refractivity contribution < 1.29 is 0 Å². The lowest BCUT2D eigenvalue weighted by atomic mass is 10.1. The van der Waals surface area contributed by atoms with E-state index in [4.69, 9.17) is 0 Å². The Morgan fingerprint density at radius 3 is 2.70 bits per heavy atom. The van der Waals surface area contributed by atoms with Crippen molar-refractivity contribution >= 4 is 16.9 Å². The lowest BCUT2D eigenvalue weighted by Crippen LogP contribution is -2.00. The molecule has 3 rings (SSSR count). The summed E-state index contributed by atoms with van der Waals surface area (Å²) >= 11 is 0. The van der Waals surface area contributed by atoms with Gasteiger partial charge in [-0.2, -0.15) is 0 Å². The van der Waals surface area contributed by atoms with Gasteiger partial charge in [0.2, 0.25) is 0 Å². The van der Waals surface area contributed by atoms with Crippen molar-refractivity contribution in [2.75, 3.05) is 11.9 Å². The standard InChI is InChI=1S/C15H17N5/c1-4-16-15-8-6-12(18-19-15)11-5-7-14-13(9-11)17-10(2)20(14)3/h5-9H,4H2,1-3H3,(H,16,19). The third kappa shape index (κ3) is 2.11. The molecule has 0 atom stereocenters. The zero-order chi connectivity index (χ0) is 14.1. The van der Waals surface area contributed by atoms with Crippen LogP contribution in [-0.4, -0.2) is 26.3 Å². The van der Waals surface area contributed by atoms with Gasteiger partial charge in [0.1, 0.15) is 11.6 Å². The molecule has 102 valence electrons. The van der Waals surface area contributed by atoms with Gasteiger partial charge in [0.15, 0.2) is 0 Å². The molecule has 3 aromatic rings. The Bertz CT molecular complexity index is 743. The smallest absolute Gasteiger partial charge is 0.148 e. The van der Waals surface area contributed by atoms with Crippen LogP contribution < -0.4 is 5.32 Å². The summed E-state index contributed by atoms with van der Waals surface area (Å²) in [5.74, 6) is 1.80. The fraction of sp³-hybridized carbons (Fsp3) is 0.267. The number of hydrogen-bond donors (Lipinski definition) is 1. The predicted molar refractivity (Wildman–Crippen MR) is 80.6 cm³/mol. The maximum atomic E-state index is 4.55. The number of hydrogen-bond acceptors (Lipinski definition) is 4. The average Bonchev–Trinajstić information content (AvgIpc) is 2.75. The molecule has 0 aliphatic heterocycles. The molecule has 0 saturated heterocycles. The van der Waals surface area contributed by atoms with Crippen LogP contribution >= 0.6 is 0 Å². The minimum Gasteiger partial charge on any atom is -0.369 e. The zero-order valence-electron chi connectivity index (χ0n) is 11.9. The first kappa shape index (κ1) is 12.6. The monoisotopic (exact) mass is 267 g/mol. The number of aryl methyl sites for hydroxylation is 2. The fourth-order valence-corrected chi connectivity index (χ4v) is 2.24. The highest BCUT2D eigenvalue weighted by Crippen LogP contribution is 2.23. The molecule has 5 heteroatoms. The second-order valence-electron chi connectivity index (χ2n) is 4.76. The molecular formula is C15H17N5. The van der Waals surface area contributed by atoms with Gasteiger partial charge in [-0.1, -0.05) is 6.07 Å². The number of benzene rings is 1. The number of nitrogens with one attached hydrogen (secondary N) is 1. The quantitative estimate of drug-likeness (QED) is 0.792. The Balaban J connectivity index is 2.01. The van der Waals surface area contributed by atoms with E-state index < -0.39 is 0 Å². The van der Waals surface area contributed by atoms with Gasteiger partial charge in [0, 0.05) is 19.2 Å². The topological polar surface area (TPSA) is 55.6 Å². The lowest BCUT2D eigenvalue weighted by Gasteiger charge is -2.03. The summed E-state index contributed by atoms with van der Waals surface area (Å²) < 4.78 is 2.08. The average molecular weight is 267 g/mol. The fourth-order valence-electron chi connectivity index (χ4n) is 2.24. The number of nitrogens with zero attached hydrogens (tertiary/aromatic N) is 4. The maximum absolute atomic E-state index is 4.55. The molecule has 5 nitrogen and oxygen atoms in total. The highest BCUT2D eigenvalue weighted by molar-refractivity contribution is 5.81. The van der Waals surface area contributed by atoms with E-state index in [0.29, 0.717) is 0 Å². The molecule has 0 fully saturated rings. The number of fused-ring (bicyclic) bond motifs is 1. The summed E-state index contributed by atoms with van der Waals surface area (Å²) in [6.07, 6.45) is 0. The second kappa shape index (κ2) is 4.92. The van der Waals surface area contributed by atoms with Crippen LogP contribution in [0.5, 0.6) is 0 Å². The Kier molecular flexibility index (Phi) is 3.10. The number of rotatable bonds is 3. The van der Waals surface area contributed by atoms with E-state index in [1.807, 2.05) is 33.0 Å². The zero-order valence-corrected chi connectivity index (χ0v) is 11.9. The normalized spacial score (nSPS) is 10.9. The highest BCUT2D eigenvalue weighted by atomic mass is 15.2.